The molecule has 1 aromatic heterocycles. The molecule has 0 radical (unpaired) electrons. The highest BCUT2D eigenvalue weighted by Crippen LogP contribution is 2.34. The van der Waals surface area contributed by atoms with E-state index in [0.29, 0.717) is 0 Å². The number of aryl methyl sites for hydroxylation is 3. The van der Waals surface area contributed by atoms with Crippen molar-refractivity contribution in [2.24, 2.45) is 0 Å². The lowest BCUT2D eigenvalue weighted by molar-refractivity contribution is 0.427. The highest BCUT2D eigenvalue weighted by atomic mass is 16.3. The van der Waals surface area contributed by atoms with Crippen LogP contribution >= 0.6 is 0 Å². The Bertz CT molecular complexity index is 893. The Balaban J connectivity index is 2.18. The summed E-state index contributed by atoms with van der Waals surface area (Å²) in [6.45, 7) is 8.43. The fourth-order valence-electron chi connectivity index (χ4n) is 3.12. The molecule has 0 spiro atoms. The van der Waals surface area contributed by atoms with E-state index in [1.54, 1.807) is 4.68 Å². The van der Waals surface area contributed by atoms with Crippen molar-refractivity contribution in [3.8, 4) is 22.8 Å². The largest absolute Gasteiger partial charge is 0.493 e. The minimum Gasteiger partial charge on any atom is -0.493 e. The lowest BCUT2D eigenvalue weighted by Gasteiger charge is -2.06. The smallest absolute Gasteiger partial charge is 0.218 e. The minimum absolute atomic E-state index is 0.259. The Hall–Kier alpha value is -2.55. The number of aromatic nitrogens is 2. The van der Waals surface area contributed by atoms with Gasteiger partial charge in [-0.05, 0) is 62.4 Å². The van der Waals surface area contributed by atoms with E-state index in [-0.39, 0.29) is 5.88 Å². The fraction of sp³-hybridized carbons (Fsp3) is 0.318. The topological polar surface area (TPSA) is 38.0 Å². The average Bonchev–Trinajstić information content (AvgIpc) is 2.92. The SMILES string of the molecule is CCCCc1c(-c2ccccc2C)nn(-c2ccc(C)c(C)c2)c1O. The summed E-state index contributed by atoms with van der Waals surface area (Å²) in [5.41, 5.74) is 7.42. The van der Waals surface area contributed by atoms with Gasteiger partial charge in [-0.3, -0.25) is 0 Å². The Morgan fingerprint density at radius 2 is 1.72 bits per heavy atom. The number of rotatable bonds is 5. The molecule has 3 rings (SSSR count). The van der Waals surface area contributed by atoms with E-state index < -0.39 is 0 Å². The van der Waals surface area contributed by atoms with Gasteiger partial charge in [0.2, 0.25) is 5.88 Å². The van der Waals surface area contributed by atoms with Gasteiger partial charge >= 0.3 is 0 Å². The molecule has 0 aliphatic heterocycles. The van der Waals surface area contributed by atoms with Crippen LogP contribution in [0.2, 0.25) is 0 Å². The molecular weight excluding hydrogens is 308 g/mol. The summed E-state index contributed by atoms with van der Waals surface area (Å²) in [7, 11) is 0. The van der Waals surface area contributed by atoms with Crippen molar-refractivity contribution >= 4 is 0 Å². The van der Waals surface area contributed by atoms with Gasteiger partial charge in [0, 0.05) is 11.1 Å². The third-order valence-electron chi connectivity index (χ3n) is 4.87. The third kappa shape index (κ3) is 3.32. The van der Waals surface area contributed by atoms with Crippen molar-refractivity contribution in [2.45, 2.75) is 47.0 Å². The zero-order chi connectivity index (χ0) is 18.0. The van der Waals surface area contributed by atoms with Gasteiger partial charge in [-0.25, -0.2) is 4.68 Å². The molecule has 0 aliphatic rings. The van der Waals surface area contributed by atoms with Crippen LogP contribution in [0.25, 0.3) is 16.9 Å². The van der Waals surface area contributed by atoms with Crippen molar-refractivity contribution < 1.29 is 5.11 Å². The lowest BCUT2D eigenvalue weighted by Crippen LogP contribution is -1.97. The van der Waals surface area contributed by atoms with Crippen molar-refractivity contribution in [1.82, 2.24) is 9.78 Å². The number of unbranched alkanes of at least 4 members (excludes halogenated alkanes) is 1. The number of benzene rings is 2. The Labute approximate surface area is 150 Å². The second kappa shape index (κ2) is 7.14. The van der Waals surface area contributed by atoms with E-state index in [0.717, 1.165) is 41.8 Å². The van der Waals surface area contributed by atoms with Crippen LogP contribution < -0.4 is 0 Å². The van der Waals surface area contributed by atoms with Gasteiger partial charge in [0.1, 0.15) is 5.69 Å². The first-order valence-corrected chi connectivity index (χ1v) is 8.97. The Kier molecular flexibility index (Phi) is 4.93. The van der Waals surface area contributed by atoms with Gasteiger partial charge in [0.15, 0.2) is 0 Å². The van der Waals surface area contributed by atoms with Gasteiger partial charge in [-0.2, -0.15) is 5.10 Å². The summed E-state index contributed by atoms with van der Waals surface area (Å²) in [4.78, 5) is 0. The van der Waals surface area contributed by atoms with Gasteiger partial charge in [0.05, 0.1) is 5.69 Å². The molecule has 0 atom stereocenters. The maximum Gasteiger partial charge on any atom is 0.218 e. The molecule has 2 aromatic carbocycles. The first-order chi connectivity index (χ1) is 12.0. The van der Waals surface area contributed by atoms with E-state index in [1.165, 1.54) is 16.7 Å². The molecular formula is C22H26N2O. The van der Waals surface area contributed by atoms with Crippen molar-refractivity contribution in [3.63, 3.8) is 0 Å². The predicted molar refractivity (Wildman–Crippen MR) is 103 cm³/mol. The van der Waals surface area contributed by atoms with Crippen LogP contribution in [0.1, 0.15) is 42.0 Å². The normalized spacial score (nSPS) is 11.0. The van der Waals surface area contributed by atoms with E-state index in [1.807, 2.05) is 18.2 Å². The monoisotopic (exact) mass is 334 g/mol. The predicted octanol–water partition coefficient (Wildman–Crippen LogP) is 5.51. The summed E-state index contributed by atoms with van der Waals surface area (Å²) in [6, 6.07) is 14.4. The molecule has 0 aliphatic carbocycles. The van der Waals surface area contributed by atoms with E-state index in [9.17, 15) is 5.11 Å². The van der Waals surface area contributed by atoms with Crippen LogP contribution in [0, 0.1) is 20.8 Å². The molecule has 1 N–H and O–H groups in total. The maximum absolute atomic E-state index is 10.9. The van der Waals surface area contributed by atoms with Crippen molar-refractivity contribution in [2.75, 3.05) is 0 Å². The number of nitrogens with zero attached hydrogens (tertiary/aromatic N) is 2. The first kappa shape index (κ1) is 17.3. The summed E-state index contributed by atoms with van der Waals surface area (Å²) in [5.74, 6) is 0.259. The minimum atomic E-state index is 0.259. The summed E-state index contributed by atoms with van der Waals surface area (Å²) in [6.07, 6.45) is 2.95. The molecule has 1 heterocycles. The standard InChI is InChI=1S/C22H26N2O/c1-5-6-10-20-21(19-11-8-7-9-16(19)3)23-24(22(20)25)18-13-12-15(2)17(4)14-18/h7-9,11-14,25H,5-6,10H2,1-4H3. The molecule has 3 nitrogen and oxygen atoms in total. The highest BCUT2D eigenvalue weighted by molar-refractivity contribution is 5.69. The molecule has 0 saturated carbocycles. The molecule has 3 heteroatoms. The molecule has 0 unspecified atom stereocenters. The maximum atomic E-state index is 10.9. The number of aromatic hydroxyl groups is 1. The fourth-order valence-corrected chi connectivity index (χ4v) is 3.12. The molecule has 0 saturated heterocycles. The van der Waals surface area contributed by atoms with Gasteiger partial charge in [0.25, 0.3) is 0 Å². The van der Waals surface area contributed by atoms with E-state index >= 15 is 0 Å². The summed E-state index contributed by atoms with van der Waals surface area (Å²) < 4.78 is 1.68. The summed E-state index contributed by atoms with van der Waals surface area (Å²) in [5, 5.41) is 15.7. The average molecular weight is 334 g/mol. The van der Waals surface area contributed by atoms with E-state index in [4.69, 9.17) is 5.10 Å². The zero-order valence-electron chi connectivity index (χ0n) is 15.5. The second-order valence-corrected chi connectivity index (χ2v) is 6.75. The summed E-state index contributed by atoms with van der Waals surface area (Å²) >= 11 is 0. The van der Waals surface area contributed by atoms with Crippen LogP contribution in [0.5, 0.6) is 5.88 Å². The van der Waals surface area contributed by atoms with Gasteiger partial charge in [-0.15, -0.1) is 0 Å². The highest BCUT2D eigenvalue weighted by Gasteiger charge is 2.20. The van der Waals surface area contributed by atoms with Crippen LogP contribution in [-0.2, 0) is 6.42 Å². The van der Waals surface area contributed by atoms with Crippen LogP contribution in [0.4, 0.5) is 0 Å². The van der Waals surface area contributed by atoms with Gasteiger partial charge in [-0.1, -0.05) is 43.7 Å². The van der Waals surface area contributed by atoms with Crippen LogP contribution in [-0.4, -0.2) is 14.9 Å². The molecule has 0 amide bonds. The third-order valence-corrected chi connectivity index (χ3v) is 4.87. The molecule has 25 heavy (non-hydrogen) atoms. The number of hydrogen-bond donors (Lipinski definition) is 1. The quantitative estimate of drug-likeness (QED) is 0.668. The van der Waals surface area contributed by atoms with Crippen molar-refractivity contribution in [1.29, 1.82) is 0 Å². The zero-order valence-corrected chi connectivity index (χ0v) is 15.5. The van der Waals surface area contributed by atoms with Gasteiger partial charge < -0.3 is 5.11 Å². The molecule has 3 aromatic rings. The van der Waals surface area contributed by atoms with Crippen molar-refractivity contribution in [3.05, 3.63) is 64.7 Å². The lowest BCUT2D eigenvalue weighted by atomic mass is 10.00. The first-order valence-electron chi connectivity index (χ1n) is 8.97. The molecule has 130 valence electrons. The second-order valence-electron chi connectivity index (χ2n) is 6.75. The van der Waals surface area contributed by atoms with E-state index in [2.05, 4.69) is 52.0 Å². The number of hydrogen-bond acceptors (Lipinski definition) is 2. The Morgan fingerprint density at radius 1 is 0.960 bits per heavy atom. The van der Waals surface area contributed by atoms with Crippen LogP contribution in [0.3, 0.4) is 0 Å². The molecule has 0 bridgehead atoms. The Morgan fingerprint density at radius 3 is 2.40 bits per heavy atom. The van der Waals surface area contributed by atoms with Crippen LogP contribution in [0.15, 0.2) is 42.5 Å². The molecule has 0 fully saturated rings.